The fraction of sp³-hybridized carbons (Fsp3) is 0.235. The average molecular weight is 286 g/mol. The number of hydrogen-bond donors (Lipinski definition) is 2. The van der Waals surface area contributed by atoms with Crippen LogP contribution < -0.4 is 11.1 Å². The number of benzene rings is 2. The van der Waals surface area contributed by atoms with Crippen LogP contribution in [0.2, 0.25) is 0 Å². The molecule has 3 nitrogen and oxygen atoms in total. The molecule has 21 heavy (non-hydrogen) atoms. The van der Waals surface area contributed by atoms with Crippen LogP contribution in [-0.4, -0.2) is 18.5 Å². The second-order valence-corrected chi connectivity index (χ2v) is 5.06. The minimum atomic E-state index is -0.344. The van der Waals surface area contributed by atoms with Crippen LogP contribution in [0.25, 0.3) is 0 Å². The second-order valence-electron chi connectivity index (χ2n) is 5.06. The van der Waals surface area contributed by atoms with Crippen molar-refractivity contribution in [1.82, 2.24) is 5.32 Å². The Bertz CT molecular complexity index is 613. The fourth-order valence-electron chi connectivity index (χ4n) is 2.24. The second kappa shape index (κ2) is 6.99. The number of hydrogen-bond acceptors (Lipinski definition) is 2. The van der Waals surface area contributed by atoms with Gasteiger partial charge in [0, 0.05) is 18.2 Å². The van der Waals surface area contributed by atoms with Gasteiger partial charge in [0.05, 0.1) is 0 Å². The number of rotatable bonds is 5. The van der Waals surface area contributed by atoms with Crippen LogP contribution in [0.4, 0.5) is 4.39 Å². The van der Waals surface area contributed by atoms with E-state index in [-0.39, 0.29) is 17.8 Å². The molecule has 0 aliphatic carbocycles. The van der Waals surface area contributed by atoms with E-state index in [1.807, 2.05) is 30.3 Å². The van der Waals surface area contributed by atoms with Crippen molar-refractivity contribution in [2.45, 2.75) is 19.4 Å². The molecule has 1 unspecified atom stereocenters. The van der Waals surface area contributed by atoms with Crippen LogP contribution in [0.15, 0.2) is 48.5 Å². The highest BCUT2D eigenvalue weighted by Gasteiger charge is 2.15. The number of aryl methyl sites for hydroxylation is 1. The summed E-state index contributed by atoms with van der Waals surface area (Å²) in [6.07, 6.45) is 0.670. The molecule has 0 heterocycles. The predicted octanol–water partition coefficient (Wildman–Crippen LogP) is 2.43. The van der Waals surface area contributed by atoms with Gasteiger partial charge in [-0.1, -0.05) is 30.3 Å². The normalized spacial score (nSPS) is 12.0. The number of carbonyl (C=O) groups excluding carboxylic acids is 1. The Morgan fingerprint density at radius 1 is 1.24 bits per heavy atom. The standard InChI is InChI=1S/C17H19FN2O/c1-12-9-14(18)7-8-16(12)17(21)20-15(11-19)10-13-5-3-2-4-6-13/h2-9,15H,10-11,19H2,1H3,(H,20,21). The van der Waals surface area contributed by atoms with Gasteiger partial charge in [0.25, 0.3) is 5.91 Å². The zero-order chi connectivity index (χ0) is 15.2. The Labute approximate surface area is 124 Å². The first-order valence-corrected chi connectivity index (χ1v) is 6.91. The minimum absolute atomic E-state index is 0.149. The van der Waals surface area contributed by atoms with E-state index in [4.69, 9.17) is 5.73 Å². The lowest BCUT2D eigenvalue weighted by Crippen LogP contribution is -2.41. The summed E-state index contributed by atoms with van der Waals surface area (Å²) in [5.74, 6) is -0.567. The molecular weight excluding hydrogens is 267 g/mol. The highest BCUT2D eigenvalue weighted by atomic mass is 19.1. The number of halogens is 1. The molecule has 0 aliphatic heterocycles. The lowest BCUT2D eigenvalue weighted by Gasteiger charge is -2.17. The zero-order valence-electron chi connectivity index (χ0n) is 12.0. The Balaban J connectivity index is 2.06. The van der Waals surface area contributed by atoms with Gasteiger partial charge >= 0.3 is 0 Å². The summed E-state index contributed by atoms with van der Waals surface area (Å²) in [5, 5.41) is 2.91. The van der Waals surface area contributed by atoms with Gasteiger partial charge in [-0.05, 0) is 42.7 Å². The molecule has 0 aliphatic rings. The number of nitrogens with one attached hydrogen (secondary N) is 1. The molecule has 110 valence electrons. The summed E-state index contributed by atoms with van der Waals surface area (Å²) in [4.78, 5) is 12.2. The number of nitrogens with two attached hydrogens (primary N) is 1. The molecule has 0 spiro atoms. The van der Waals surface area contributed by atoms with Crippen molar-refractivity contribution in [3.8, 4) is 0 Å². The maximum Gasteiger partial charge on any atom is 0.251 e. The van der Waals surface area contributed by atoms with Gasteiger partial charge in [-0.15, -0.1) is 0 Å². The average Bonchev–Trinajstić information content (AvgIpc) is 2.47. The smallest absolute Gasteiger partial charge is 0.251 e. The van der Waals surface area contributed by atoms with Crippen LogP contribution in [0.1, 0.15) is 21.5 Å². The van der Waals surface area contributed by atoms with Crippen LogP contribution in [0.5, 0.6) is 0 Å². The summed E-state index contributed by atoms with van der Waals surface area (Å²) >= 11 is 0. The molecule has 0 aromatic heterocycles. The van der Waals surface area contributed by atoms with Gasteiger partial charge in [0.1, 0.15) is 5.82 Å². The first-order valence-electron chi connectivity index (χ1n) is 6.91. The Kier molecular flexibility index (Phi) is 5.06. The molecule has 2 rings (SSSR count). The molecule has 4 heteroatoms. The van der Waals surface area contributed by atoms with Crippen LogP contribution in [-0.2, 0) is 6.42 Å². The molecule has 1 atom stereocenters. The van der Waals surface area contributed by atoms with Crippen molar-refractivity contribution < 1.29 is 9.18 Å². The first-order chi connectivity index (χ1) is 10.1. The van der Waals surface area contributed by atoms with Gasteiger partial charge in [0.15, 0.2) is 0 Å². The van der Waals surface area contributed by atoms with E-state index >= 15 is 0 Å². The molecule has 0 radical (unpaired) electrons. The monoisotopic (exact) mass is 286 g/mol. The summed E-state index contributed by atoms with van der Waals surface area (Å²) in [5.41, 5.74) is 7.94. The molecule has 3 N–H and O–H groups in total. The van der Waals surface area contributed by atoms with Crippen molar-refractivity contribution in [1.29, 1.82) is 0 Å². The summed E-state index contributed by atoms with van der Waals surface area (Å²) < 4.78 is 13.1. The highest BCUT2D eigenvalue weighted by Crippen LogP contribution is 2.11. The molecule has 0 bridgehead atoms. The number of carbonyl (C=O) groups is 1. The summed E-state index contributed by atoms with van der Waals surface area (Å²) in [6.45, 7) is 2.06. The molecule has 2 aromatic rings. The van der Waals surface area contributed by atoms with Crippen molar-refractivity contribution in [2.75, 3.05) is 6.54 Å². The lowest BCUT2D eigenvalue weighted by molar-refractivity contribution is 0.0937. The molecule has 0 fully saturated rings. The maximum atomic E-state index is 13.1. The quantitative estimate of drug-likeness (QED) is 0.887. The minimum Gasteiger partial charge on any atom is -0.348 e. The highest BCUT2D eigenvalue weighted by molar-refractivity contribution is 5.95. The van der Waals surface area contributed by atoms with Crippen molar-refractivity contribution in [2.24, 2.45) is 5.73 Å². The van der Waals surface area contributed by atoms with Gasteiger partial charge in [-0.2, -0.15) is 0 Å². The van der Waals surface area contributed by atoms with E-state index in [1.54, 1.807) is 6.92 Å². The number of amides is 1. The Hall–Kier alpha value is -2.20. The molecule has 0 saturated carbocycles. The molecular formula is C17H19FN2O. The summed E-state index contributed by atoms with van der Waals surface area (Å²) in [7, 11) is 0. The maximum absolute atomic E-state index is 13.1. The van der Waals surface area contributed by atoms with E-state index < -0.39 is 0 Å². The first kappa shape index (κ1) is 15.2. The third-order valence-electron chi connectivity index (χ3n) is 3.38. The third kappa shape index (κ3) is 4.13. The molecule has 1 amide bonds. The van der Waals surface area contributed by atoms with Crippen LogP contribution in [0, 0.1) is 12.7 Å². The van der Waals surface area contributed by atoms with Crippen molar-refractivity contribution >= 4 is 5.91 Å². The van der Waals surface area contributed by atoms with Crippen molar-refractivity contribution in [3.05, 3.63) is 71.0 Å². The van der Waals surface area contributed by atoms with Gasteiger partial charge < -0.3 is 11.1 Å². The molecule has 0 saturated heterocycles. The lowest BCUT2D eigenvalue weighted by atomic mass is 10.0. The largest absolute Gasteiger partial charge is 0.348 e. The Morgan fingerprint density at radius 3 is 2.57 bits per heavy atom. The van der Waals surface area contributed by atoms with E-state index in [1.165, 1.54) is 18.2 Å². The van der Waals surface area contributed by atoms with Crippen molar-refractivity contribution in [3.63, 3.8) is 0 Å². The van der Waals surface area contributed by atoms with Crippen LogP contribution >= 0.6 is 0 Å². The van der Waals surface area contributed by atoms with Gasteiger partial charge in [0.2, 0.25) is 0 Å². The topological polar surface area (TPSA) is 55.1 Å². The van der Waals surface area contributed by atoms with E-state index in [2.05, 4.69) is 5.32 Å². The SMILES string of the molecule is Cc1cc(F)ccc1C(=O)NC(CN)Cc1ccccc1. The van der Waals surface area contributed by atoms with E-state index in [9.17, 15) is 9.18 Å². The zero-order valence-corrected chi connectivity index (χ0v) is 12.0. The predicted molar refractivity (Wildman–Crippen MR) is 81.6 cm³/mol. The van der Waals surface area contributed by atoms with E-state index in [0.29, 0.717) is 24.1 Å². The summed E-state index contributed by atoms with van der Waals surface area (Å²) in [6, 6.07) is 13.8. The Morgan fingerprint density at radius 2 is 1.95 bits per heavy atom. The fourth-order valence-corrected chi connectivity index (χ4v) is 2.24. The van der Waals surface area contributed by atoms with Gasteiger partial charge in [-0.25, -0.2) is 4.39 Å². The van der Waals surface area contributed by atoms with Crippen LogP contribution in [0.3, 0.4) is 0 Å². The van der Waals surface area contributed by atoms with E-state index in [0.717, 1.165) is 5.56 Å². The van der Waals surface area contributed by atoms with Gasteiger partial charge in [-0.3, -0.25) is 4.79 Å². The molecule has 2 aromatic carbocycles. The third-order valence-corrected chi connectivity index (χ3v) is 3.38.